The van der Waals surface area contributed by atoms with Crippen LogP contribution < -0.4 is 16.0 Å². The van der Waals surface area contributed by atoms with Crippen molar-refractivity contribution in [3.05, 3.63) is 39.4 Å². The molecule has 0 spiro atoms. The number of hydrogen-bond donors (Lipinski definition) is 2. The second-order valence-electron chi connectivity index (χ2n) is 6.19. The highest BCUT2D eigenvalue weighted by atomic mass is 35.5. The summed E-state index contributed by atoms with van der Waals surface area (Å²) in [4.78, 5) is 21.3. The molecule has 1 fully saturated rings. The Hall–Kier alpha value is -2.61. The van der Waals surface area contributed by atoms with Crippen molar-refractivity contribution in [2.75, 3.05) is 29.0 Å². The van der Waals surface area contributed by atoms with Gasteiger partial charge < -0.3 is 16.0 Å². The number of piperidine rings is 1. The Balaban J connectivity index is 1.97. The van der Waals surface area contributed by atoms with Crippen LogP contribution >= 0.6 is 11.6 Å². The Morgan fingerprint density at radius 1 is 1.36 bits per heavy atom. The van der Waals surface area contributed by atoms with Crippen LogP contribution in [0.3, 0.4) is 0 Å². The Morgan fingerprint density at radius 2 is 2.08 bits per heavy atom. The number of anilines is 4. The van der Waals surface area contributed by atoms with Gasteiger partial charge in [-0.15, -0.1) is 0 Å². The van der Waals surface area contributed by atoms with Gasteiger partial charge in [-0.3, -0.25) is 10.1 Å². The van der Waals surface area contributed by atoms with Crippen LogP contribution in [0.5, 0.6) is 0 Å². The van der Waals surface area contributed by atoms with E-state index in [9.17, 15) is 10.1 Å². The lowest BCUT2D eigenvalue weighted by atomic mass is 10.0. The van der Waals surface area contributed by atoms with Gasteiger partial charge in [-0.05, 0) is 43.0 Å². The highest BCUT2D eigenvalue weighted by molar-refractivity contribution is 6.30. The molecule has 1 aromatic heterocycles. The van der Waals surface area contributed by atoms with Gasteiger partial charge in [-0.25, -0.2) is 0 Å². The number of nitrogens with two attached hydrogens (primary N) is 1. The zero-order valence-electron chi connectivity index (χ0n) is 13.8. The molecular weight excluding hydrogens is 344 g/mol. The minimum absolute atomic E-state index is 0.148. The van der Waals surface area contributed by atoms with Gasteiger partial charge in [0.25, 0.3) is 0 Å². The molecule has 2 heterocycles. The van der Waals surface area contributed by atoms with Gasteiger partial charge in [0, 0.05) is 23.8 Å². The molecule has 1 saturated heterocycles. The van der Waals surface area contributed by atoms with Crippen molar-refractivity contribution < 1.29 is 4.92 Å². The van der Waals surface area contributed by atoms with Crippen LogP contribution in [0.25, 0.3) is 0 Å². The molecule has 25 heavy (non-hydrogen) atoms. The second kappa shape index (κ2) is 7.10. The van der Waals surface area contributed by atoms with Gasteiger partial charge in [0.1, 0.15) is 0 Å². The predicted octanol–water partition coefficient (Wildman–Crippen LogP) is 3.60. The normalized spacial score (nSPS) is 17.4. The maximum atomic E-state index is 11.5. The van der Waals surface area contributed by atoms with Crippen molar-refractivity contribution in [1.82, 2.24) is 9.97 Å². The van der Waals surface area contributed by atoms with Crippen LogP contribution in [0.1, 0.15) is 19.8 Å². The molecule has 0 bridgehead atoms. The number of nitrogens with one attached hydrogen (secondary N) is 1. The molecule has 0 saturated carbocycles. The quantitative estimate of drug-likeness (QED) is 0.631. The zero-order chi connectivity index (χ0) is 18.0. The second-order valence-corrected chi connectivity index (χ2v) is 6.62. The lowest BCUT2D eigenvalue weighted by Gasteiger charge is -2.31. The number of benzene rings is 1. The summed E-state index contributed by atoms with van der Waals surface area (Å²) in [6, 6.07) is 7.00. The summed E-state index contributed by atoms with van der Waals surface area (Å²) >= 11 is 5.88. The SMILES string of the molecule is C[C@@H]1CCCN(c2nc(Nc3ccc(Cl)cc3)nc(N)c2[N+](=O)[O-])C1. The van der Waals surface area contributed by atoms with Crippen molar-refractivity contribution in [3.8, 4) is 0 Å². The number of nitrogens with zero attached hydrogens (tertiary/aromatic N) is 4. The average molecular weight is 363 g/mol. The first kappa shape index (κ1) is 17.2. The molecule has 3 rings (SSSR count). The van der Waals surface area contributed by atoms with Crippen LogP contribution in [0.2, 0.25) is 5.02 Å². The fourth-order valence-corrected chi connectivity index (χ4v) is 3.08. The molecule has 9 heteroatoms. The van der Waals surface area contributed by atoms with Crippen LogP contribution in [-0.4, -0.2) is 28.0 Å². The fraction of sp³-hybridized carbons (Fsp3) is 0.375. The molecule has 1 aliphatic rings. The number of halogens is 1. The molecule has 1 atom stereocenters. The summed E-state index contributed by atoms with van der Waals surface area (Å²) in [6.45, 7) is 3.54. The average Bonchev–Trinajstić information content (AvgIpc) is 2.56. The van der Waals surface area contributed by atoms with E-state index in [1.165, 1.54) is 0 Å². The van der Waals surface area contributed by atoms with E-state index in [0.717, 1.165) is 18.5 Å². The van der Waals surface area contributed by atoms with Crippen molar-refractivity contribution >= 4 is 40.6 Å². The van der Waals surface area contributed by atoms with Crippen LogP contribution in [-0.2, 0) is 0 Å². The summed E-state index contributed by atoms with van der Waals surface area (Å²) in [5.74, 6) is 0.779. The lowest BCUT2D eigenvalue weighted by Crippen LogP contribution is -2.35. The van der Waals surface area contributed by atoms with Gasteiger partial charge in [-0.1, -0.05) is 18.5 Å². The summed E-state index contributed by atoms with van der Waals surface area (Å²) < 4.78 is 0. The fourth-order valence-electron chi connectivity index (χ4n) is 2.96. The van der Waals surface area contributed by atoms with E-state index < -0.39 is 4.92 Å². The number of nitrogen functional groups attached to an aromatic ring is 1. The Kier molecular flexibility index (Phi) is 4.89. The number of nitro groups is 1. The monoisotopic (exact) mass is 362 g/mol. The van der Waals surface area contributed by atoms with Gasteiger partial charge in [0.15, 0.2) is 0 Å². The first-order valence-corrected chi connectivity index (χ1v) is 8.41. The molecule has 0 amide bonds. The molecule has 0 unspecified atom stereocenters. The molecular formula is C16H19ClN6O2. The Labute approximate surface area is 150 Å². The van der Waals surface area contributed by atoms with Crippen LogP contribution in [0, 0.1) is 16.0 Å². The van der Waals surface area contributed by atoms with Gasteiger partial charge in [0.2, 0.25) is 17.6 Å². The molecule has 1 aliphatic heterocycles. The van der Waals surface area contributed by atoms with Gasteiger partial charge in [0.05, 0.1) is 4.92 Å². The molecule has 0 radical (unpaired) electrons. The number of hydrogen-bond acceptors (Lipinski definition) is 7. The lowest BCUT2D eigenvalue weighted by molar-refractivity contribution is -0.383. The number of aromatic nitrogens is 2. The van der Waals surface area contributed by atoms with Crippen molar-refractivity contribution in [2.45, 2.75) is 19.8 Å². The van der Waals surface area contributed by atoms with Gasteiger partial charge >= 0.3 is 5.69 Å². The van der Waals surface area contributed by atoms with Crippen LogP contribution in [0.4, 0.5) is 29.0 Å². The van der Waals surface area contributed by atoms with E-state index in [0.29, 0.717) is 24.0 Å². The maximum absolute atomic E-state index is 11.5. The number of rotatable bonds is 4. The Bertz CT molecular complexity index is 783. The Morgan fingerprint density at radius 3 is 2.72 bits per heavy atom. The predicted molar refractivity (Wildman–Crippen MR) is 98.4 cm³/mol. The third-order valence-electron chi connectivity index (χ3n) is 4.13. The van der Waals surface area contributed by atoms with E-state index in [-0.39, 0.29) is 23.3 Å². The summed E-state index contributed by atoms with van der Waals surface area (Å²) in [5, 5.41) is 15.1. The maximum Gasteiger partial charge on any atom is 0.353 e. The van der Waals surface area contributed by atoms with Crippen LogP contribution in [0.15, 0.2) is 24.3 Å². The highest BCUT2D eigenvalue weighted by Crippen LogP contribution is 2.34. The van der Waals surface area contributed by atoms with E-state index in [2.05, 4.69) is 22.2 Å². The van der Waals surface area contributed by atoms with Crippen molar-refractivity contribution in [3.63, 3.8) is 0 Å². The summed E-state index contributed by atoms with van der Waals surface area (Å²) in [6.07, 6.45) is 2.06. The third-order valence-corrected chi connectivity index (χ3v) is 4.38. The molecule has 3 N–H and O–H groups in total. The zero-order valence-corrected chi connectivity index (χ0v) is 14.5. The minimum atomic E-state index is -0.518. The summed E-state index contributed by atoms with van der Waals surface area (Å²) in [7, 11) is 0. The van der Waals surface area contributed by atoms with Crippen molar-refractivity contribution in [1.29, 1.82) is 0 Å². The van der Waals surface area contributed by atoms with E-state index in [4.69, 9.17) is 17.3 Å². The topological polar surface area (TPSA) is 110 Å². The van der Waals surface area contributed by atoms with E-state index in [1.54, 1.807) is 24.3 Å². The first-order valence-electron chi connectivity index (χ1n) is 8.03. The smallest absolute Gasteiger partial charge is 0.353 e. The largest absolute Gasteiger partial charge is 0.378 e. The molecule has 0 aliphatic carbocycles. The first-order chi connectivity index (χ1) is 11.9. The minimum Gasteiger partial charge on any atom is -0.378 e. The molecule has 2 aromatic rings. The molecule has 8 nitrogen and oxygen atoms in total. The van der Waals surface area contributed by atoms with E-state index in [1.807, 2.05) is 4.90 Å². The summed E-state index contributed by atoms with van der Waals surface area (Å²) in [5.41, 5.74) is 6.34. The molecule has 1 aromatic carbocycles. The van der Waals surface area contributed by atoms with Crippen molar-refractivity contribution in [2.24, 2.45) is 5.92 Å². The standard InChI is InChI=1S/C16H19ClN6O2/c1-10-3-2-8-22(9-10)15-13(23(24)25)14(18)20-16(21-15)19-12-6-4-11(17)5-7-12/h4-7,10H,2-3,8-9H2,1H3,(H3,18,19,20,21)/t10-/m1/s1. The third kappa shape index (κ3) is 3.90. The van der Waals surface area contributed by atoms with E-state index >= 15 is 0 Å². The molecule has 132 valence electrons. The highest BCUT2D eigenvalue weighted by Gasteiger charge is 2.29. The van der Waals surface area contributed by atoms with Gasteiger partial charge in [-0.2, -0.15) is 9.97 Å².